The molecule has 0 aromatic carbocycles. The van der Waals surface area contributed by atoms with E-state index in [-0.39, 0.29) is 0 Å². The van der Waals surface area contributed by atoms with E-state index in [1.165, 1.54) is 24.8 Å². The first-order valence-corrected chi connectivity index (χ1v) is 7.10. The largest absolute Gasteiger partial charge is 0.377 e. The molecule has 90 valence electrons. The zero-order valence-corrected chi connectivity index (χ0v) is 11.1. The summed E-state index contributed by atoms with van der Waals surface area (Å²) in [5.41, 5.74) is 1.27. The lowest BCUT2D eigenvalue weighted by atomic mass is 10.1. The molecule has 0 amide bonds. The highest BCUT2D eigenvalue weighted by Crippen LogP contribution is 2.24. The van der Waals surface area contributed by atoms with Crippen LogP contribution in [-0.4, -0.2) is 19.3 Å². The molecule has 1 N–H and O–H groups in total. The smallest absolute Gasteiger partial charge is 0.0931 e. The van der Waals surface area contributed by atoms with Crippen LogP contribution in [0.15, 0.2) is 11.4 Å². The molecular formula is C12H18ClNOS. The maximum atomic E-state index is 5.92. The first kappa shape index (κ1) is 12.4. The fourth-order valence-electron chi connectivity index (χ4n) is 1.94. The summed E-state index contributed by atoms with van der Waals surface area (Å²) in [5, 5.41) is 5.62. The minimum absolute atomic E-state index is 0.356. The van der Waals surface area contributed by atoms with E-state index in [0.717, 1.165) is 17.5 Å². The average molecular weight is 260 g/mol. The Kier molecular flexibility index (Phi) is 4.65. The molecule has 1 saturated heterocycles. The average Bonchev–Trinajstić information content (AvgIpc) is 2.74. The molecule has 4 heteroatoms. The summed E-state index contributed by atoms with van der Waals surface area (Å²) in [6.07, 6.45) is 4.09. The molecule has 0 spiro atoms. The molecule has 2 rings (SSSR count). The molecule has 0 radical (unpaired) electrons. The Bertz CT molecular complexity index is 323. The number of nitrogens with one attached hydrogen (secondary N) is 1. The Morgan fingerprint density at radius 1 is 1.62 bits per heavy atom. The third-order valence-electron chi connectivity index (χ3n) is 3.01. The summed E-state index contributed by atoms with van der Waals surface area (Å²) in [5.74, 6) is 0. The molecule has 2 atom stereocenters. The second-order valence-corrected chi connectivity index (χ2v) is 5.85. The molecule has 0 aliphatic carbocycles. The number of thiophene rings is 1. The molecule has 1 aliphatic heterocycles. The zero-order chi connectivity index (χ0) is 11.4. The Morgan fingerprint density at radius 3 is 3.12 bits per heavy atom. The van der Waals surface area contributed by atoms with Gasteiger partial charge in [-0.05, 0) is 43.2 Å². The van der Waals surface area contributed by atoms with Gasteiger partial charge in [-0.3, -0.25) is 0 Å². The van der Waals surface area contributed by atoms with E-state index < -0.39 is 0 Å². The van der Waals surface area contributed by atoms with Gasteiger partial charge in [-0.1, -0.05) is 11.6 Å². The van der Waals surface area contributed by atoms with Gasteiger partial charge in [-0.2, -0.15) is 0 Å². The number of ether oxygens (including phenoxy) is 1. The van der Waals surface area contributed by atoms with Gasteiger partial charge in [0.1, 0.15) is 0 Å². The highest BCUT2D eigenvalue weighted by molar-refractivity contribution is 7.14. The van der Waals surface area contributed by atoms with Crippen LogP contribution in [0.1, 0.15) is 37.8 Å². The summed E-state index contributed by atoms with van der Waals surface area (Å²) in [6.45, 7) is 4.03. The molecule has 2 heterocycles. The van der Waals surface area contributed by atoms with Crippen molar-refractivity contribution in [1.82, 2.24) is 5.32 Å². The van der Waals surface area contributed by atoms with Gasteiger partial charge in [0.2, 0.25) is 0 Å². The maximum Gasteiger partial charge on any atom is 0.0931 e. The van der Waals surface area contributed by atoms with Crippen molar-refractivity contribution in [2.24, 2.45) is 0 Å². The quantitative estimate of drug-likeness (QED) is 0.892. The molecule has 1 aliphatic rings. The van der Waals surface area contributed by atoms with Gasteiger partial charge in [0, 0.05) is 19.2 Å². The lowest BCUT2D eigenvalue weighted by molar-refractivity contribution is 0.0156. The molecule has 2 nitrogen and oxygen atoms in total. The third-order valence-corrected chi connectivity index (χ3v) is 4.12. The molecule has 2 unspecified atom stereocenters. The van der Waals surface area contributed by atoms with Gasteiger partial charge >= 0.3 is 0 Å². The van der Waals surface area contributed by atoms with Crippen LogP contribution < -0.4 is 5.32 Å². The Balaban J connectivity index is 1.76. The third kappa shape index (κ3) is 3.45. The molecule has 1 aromatic rings. The van der Waals surface area contributed by atoms with Crippen molar-refractivity contribution in [1.29, 1.82) is 0 Å². The summed E-state index contributed by atoms with van der Waals surface area (Å²) in [7, 11) is 0. The van der Waals surface area contributed by atoms with Crippen LogP contribution in [0.2, 0.25) is 4.34 Å². The van der Waals surface area contributed by atoms with Gasteiger partial charge in [0.25, 0.3) is 0 Å². The first-order chi connectivity index (χ1) is 7.75. The molecule has 16 heavy (non-hydrogen) atoms. The van der Waals surface area contributed by atoms with E-state index >= 15 is 0 Å². The van der Waals surface area contributed by atoms with E-state index in [9.17, 15) is 0 Å². The van der Waals surface area contributed by atoms with E-state index in [1.807, 2.05) is 6.07 Å². The van der Waals surface area contributed by atoms with Gasteiger partial charge in [0.15, 0.2) is 0 Å². The van der Waals surface area contributed by atoms with Crippen molar-refractivity contribution >= 4 is 22.9 Å². The summed E-state index contributed by atoms with van der Waals surface area (Å²) < 4.78 is 6.54. The molecule has 0 bridgehead atoms. The molecule has 0 saturated carbocycles. The maximum absolute atomic E-state index is 5.92. The number of rotatable bonds is 4. The van der Waals surface area contributed by atoms with E-state index in [1.54, 1.807) is 11.3 Å². The Morgan fingerprint density at radius 2 is 2.50 bits per heavy atom. The van der Waals surface area contributed by atoms with Gasteiger partial charge in [-0.25, -0.2) is 0 Å². The Hall–Kier alpha value is -0.0900. The number of hydrogen-bond donors (Lipinski definition) is 1. The van der Waals surface area contributed by atoms with Crippen molar-refractivity contribution in [2.75, 3.05) is 13.2 Å². The van der Waals surface area contributed by atoms with E-state index in [2.05, 4.69) is 17.6 Å². The monoisotopic (exact) mass is 259 g/mol. The second kappa shape index (κ2) is 6.01. The highest BCUT2D eigenvalue weighted by Gasteiger charge is 2.15. The summed E-state index contributed by atoms with van der Waals surface area (Å²) >= 11 is 7.51. The SMILES string of the molecule is CC(NCC1CCCCO1)c1csc(Cl)c1. The van der Waals surface area contributed by atoms with Crippen LogP contribution in [0, 0.1) is 0 Å². The first-order valence-electron chi connectivity index (χ1n) is 5.84. The van der Waals surface area contributed by atoms with Crippen LogP contribution in [0.5, 0.6) is 0 Å². The minimum Gasteiger partial charge on any atom is -0.377 e. The second-order valence-electron chi connectivity index (χ2n) is 4.30. The van der Waals surface area contributed by atoms with Crippen molar-refractivity contribution in [3.8, 4) is 0 Å². The molecule has 1 aromatic heterocycles. The van der Waals surface area contributed by atoms with Crippen LogP contribution in [0.3, 0.4) is 0 Å². The lowest BCUT2D eigenvalue weighted by Gasteiger charge is -2.24. The van der Waals surface area contributed by atoms with Crippen LogP contribution in [-0.2, 0) is 4.74 Å². The number of halogens is 1. The van der Waals surface area contributed by atoms with Crippen molar-refractivity contribution in [2.45, 2.75) is 38.3 Å². The van der Waals surface area contributed by atoms with Crippen molar-refractivity contribution in [3.05, 3.63) is 21.3 Å². The van der Waals surface area contributed by atoms with Gasteiger partial charge in [0.05, 0.1) is 10.4 Å². The predicted octanol–water partition coefficient (Wildman–Crippen LogP) is 3.62. The lowest BCUT2D eigenvalue weighted by Crippen LogP contribution is -2.33. The normalized spacial score (nSPS) is 23.2. The van der Waals surface area contributed by atoms with Crippen LogP contribution in [0.25, 0.3) is 0 Å². The van der Waals surface area contributed by atoms with Crippen LogP contribution in [0.4, 0.5) is 0 Å². The Labute approximate surface area is 106 Å². The summed E-state index contributed by atoms with van der Waals surface area (Å²) in [4.78, 5) is 0. The molecule has 1 fully saturated rings. The standard InChI is InChI=1S/C12H18ClNOS/c1-9(10-6-12(13)16-8-10)14-7-11-4-2-3-5-15-11/h6,8-9,11,14H,2-5,7H2,1H3. The predicted molar refractivity (Wildman–Crippen MR) is 69.3 cm³/mol. The van der Waals surface area contributed by atoms with Crippen LogP contribution >= 0.6 is 22.9 Å². The topological polar surface area (TPSA) is 21.3 Å². The fraction of sp³-hybridized carbons (Fsp3) is 0.667. The number of hydrogen-bond acceptors (Lipinski definition) is 3. The summed E-state index contributed by atoms with van der Waals surface area (Å²) in [6, 6.07) is 2.39. The van der Waals surface area contributed by atoms with E-state index in [0.29, 0.717) is 12.1 Å². The minimum atomic E-state index is 0.356. The zero-order valence-electron chi connectivity index (χ0n) is 9.54. The van der Waals surface area contributed by atoms with Gasteiger partial charge in [-0.15, -0.1) is 11.3 Å². The van der Waals surface area contributed by atoms with Crippen molar-refractivity contribution in [3.63, 3.8) is 0 Å². The van der Waals surface area contributed by atoms with Gasteiger partial charge < -0.3 is 10.1 Å². The highest BCUT2D eigenvalue weighted by atomic mass is 35.5. The molecular weight excluding hydrogens is 242 g/mol. The van der Waals surface area contributed by atoms with E-state index in [4.69, 9.17) is 16.3 Å². The fourth-order valence-corrected chi connectivity index (χ4v) is 2.93. The van der Waals surface area contributed by atoms with Crippen molar-refractivity contribution < 1.29 is 4.74 Å².